The van der Waals surface area contributed by atoms with Gasteiger partial charge in [0.05, 0.1) is 33.7 Å². The fraction of sp³-hybridized carbons (Fsp3) is 0.370. The van der Waals surface area contributed by atoms with E-state index in [2.05, 4.69) is 19.9 Å². The third kappa shape index (κ3) is 4.99. The number of anilines is 2. The van der Waals surface area contributed by atoms with E-state index in [4.69, 9.17) is 15.7 Å². The van der Waals surface area contributed by atoms with Crippen LogP contribution in [0.25, 0.3) is 32.9 Å². The van der Waals surface area contributed by atoms with Gasteiger partial charge in [-0.15, -0.1) is 0 Å². The lowest BCUT2D eigenvalue weighted by Gasteiger charge is -2.38. The Morgan fingerprint density at radius 2 is 1.90 bits per heavy atom. The molecule has 3 N–H and O–H groups in total. The second kappa shape index (κ2) is 10.5. The summed E-state index contributed by atoms with van der Waals surface area (Å²) in [6, 6.07) is 5.15. The summed E-state index contributed by atoms with van der Waals surface area (Å²) in [6.07, 6.45) is 6.91. The number of aromatic nitrogens is 5. The highest BCUT2D eigenvalue weighted by Gasteiger charge is 2.40. The minimum atomic E-state index is -0.724. The van der Waals surface area contributed by atoms with Crippen LogP contribution in [0.3, 0.4) is 0 Å². The Labute approximate surface area is 229 Å². The molecule has 0 saturated carbocycles. The topological polar surface area (TPSA) is 151 Å². The molecule has 1 aromatic carbocycles. The van der Waals surface area contributed by atoms with Crippen LogP contribution in [0.1, 0.15) is 38.8 Å². The molecule has 5 rings (SSSR count). The van der Waals surface area contributed by atoms with Crippen molar-refractivity contribution < 1.29 is 14.7 Å². The lowest BCUT2D eigenvalue weighted by Crippen LogP contribution is -2.44. The lowest BCUT2D eigenvalue weighted by atomic mass is 9.76. The van der Waals surface area contributed by atoms with E-state index in [-0.39, 0.29) is 0 Å². The number of aliphatic carboxylic acids is 1. The molecular formula is C27H30N8O3S. The fourth-order valence-corrected chi connectivity index (χ4v) is 6.06. The third-order valence-corrected chi connectivity index (χ3v) is 8.56. The van der Waals surface area contributed by atoms with Crippen LogP contribution in [-0.2, 0) is 4.79 Å². The molecule has 12 heteroatoms. The van der Waals surface area contributed by atoms with Gasteiger partial charge in [-0.05, 0) is 51.3 Å². The number of rotatable bonds is 7. The predicted molar refractivity (Wildman–Crippen MR) is 151 cm³/mol. The number of urea groups is 1. The Balaban J connectivity index is 1.51. The lowest BCUT2D eigenvalue weighted by molar-refractivity contribution is -0.150. The van der Waals surface area contributed by atoms with Gasteiger partial charge < -0.3 is 15.7 Å². The van der Waals surface area contributed by atoms with Gasteiger partial charge in [-0.3, -0.25) is 14.7 Å². The van der Waals surface area contributed by atoms with Gasteiger partial charge in [0.1, 0.15) is 5.82 Å². The third-order valence-electron chi connectivity index (χ3n) is 7.44. The summed E-state index contributed by atoms with van der Waals surface area (Å²) in [5.74, 6) is 0.543. The molecule has 1 aliphatic heterocycles. The number of carboxylic acid groups (broad SMARTS) is 1. The van der Waals surface area contributed by atoms with Crippen molar-refractivity contribution in [2.75, 3.05) is 29.4 Å². The summed E-state index contributed by atoms with van der Waals surface area (Å²) < 4.78 is 0.842. The van der Waals surface area contributed by atoms with Crippen LogP contribution in [0.15, 0.2) is 36.8 Å². The molecule has 0 unspecified atom stereocenters. The zero-order valence-electron chi connectivity index (χ0n) is 22.1. The zero-order chi connectivity index (χ0) is 27.7. The number of amides is 2. The van der Waals surface area contributed by atoms with Gasteiger partial charge in [0.25, 0.3) is 0 Å². The number of hydrogen-bond acceptors (Lipinski definition) is 9. The molecule has 11 nitrogen and oxygen atoms in total. The number of aryl methyl sites for hydroxylation is 1. The number of nitrogens with zero attached hydrogens (tertiary/aromatic N) is 7. The highest BCUT2D eigenvalue weighted by atomic mass is 32.1. The normalized spacial score (nSPS) is 14.9. The van der Waals surface area contributed by atoms with E-state index in [1.807, 2.05) is 39.0 Å². The van der Waals surface area contributed by atoms with Crippen molar-refractivity contribution in [3.63, 3.8) is 0 Å². The highest BCUT2D eigenvalue weighted by molar-refractivity contribution is 7.23. The van der Waals surface area contributed by atoms with Gasteiger partial charge in [-0.1, -0.05) is 18.3 Å². The molecule has 0 bridgehead atoms. The first kappa shape index (κ1) is 26.4. The highest BCUT2D eigenvalue weighted by Crippen LogP contribution is 2.39. The van der Waals surface area contributed by atoms with Crippen LogP contribution < -0.4 is 15.5 Å². The Morgan fingerprint density at radius 3 is 2.49 bits per heavy atom. The van der Waals surface area contributed by atoms with Crippen LogP contribution in [0.4, 0.5) is 15.7 Å². The molecule has 2 amide bonds. The Morgan fingerprint density at radius 1 is 1.13 bits per heavy atom. The van der Waals surface area contributed by atoms with E-state index in [0.717, 1.165) is 21.5 Å². The number of hydrogen-bond donors (Lipinski definition) is 2. The summed E-state index contributed by atoms with van der Waals surface area (Å²) in [4.78, 5) is 50.5. The van der Waals surface area contributed by atoms with Crippen molar-refractivity contribution in [2.24, 2.45) is 11.1 Å². The first-order valence-electron chi connectivity index (χ1n) is 12.9. The molecule has 4 aromatic rings. The average molecular weight is 547 g/mol. The zero-order valence-corrected chi connectivity index (χ0v) is 22.9. The second-order valence-electron chi connectivity index (χ2n) is 9.66. The molecule has 1 aliphatic rings. The molecule has 0 aliphatic carbocycles. The van der Waals surface area contributed by atoms with Crippen LogP contribution in [0.5, 0.6) is 0 Å². The van der Waals surface area contributed by atoms with Crippen LogP contribution >= 0.6 is 11.3 Å². The molecule has 39 heavy (non-hydrogen) atoms. The van der Waals surface area contributed by atoms with Crippen molar-refractivity contribution in [3.8, 4) is 22.6 Å². The standard InChI is InChI=1S/C27H30N8O3S/c1-4-27(24(36)37)7-10-34(11-8-27)21-15-30-20(14-31-21)17-12-18(23-29-9-6-16(3)32-23)22-19(13-17)33-26(39-22)35(5-2)25(28)38/h6,9,12-15H,4-5,7-8,10-11H2,1-3H3,(H2,28,38)(H,36,37). The van der Waals surface area contributed by atoms with E-state index in [1.165, 1.54) is 16.2 Å². The fourth-order valence-electron chi connectivity index (χ4n) is 4.93. The molecule has 0 atom stereocenters. The van der Waals surface area contributed by atoms with E-state index < -0.39 is 17.4 Å². The van der Waals surface area contributed by atoms with Crippen molar-refractivity contribution in [1.29, 1.82) is 0 Å². The molecule has 3 aromatic heterocycles. The maximum absolute atomic E-state index is 12.0. The van der Waals surface area contributed by atoms with Gasteiger partial charge in [0.2, 0.25) is 0 Å². The van der Waals surface area contributed by atoms with Crippen LogP contribution in [0.2, 0.25) is 0 Å². The number of benzene rings is 1. The summed E-state index contributed by atoms with van der Waals surface area (Å²) in [5.41, 5.74) is 8.64. The quantitative estimate of drug-likeness (QED) is 0.341. The van der Waals surface area contributed by atoms with Crippen molar-refractivity contribution in [3.05, 3.63) is 42.5 Å². The summed E-state index contributed by atoms with van der Waals surface area (Å²) in [6.45, 7) is 7.31. The second-order valence-corrected chi connectivity index (χ2v) is 10.6. The van der Waals surface area contributed by atoms with Gasteiger partial charge in [-0.25, -0.2) is 24.7 Å². The number of nitrogens with two attached hydrogens (primary N) is 1. The van der Waals surface area contributed by atoms with Crippen molar-refractivity contribution in [1.82, 2.24) is 24.9 Å². The van der Waals surface area contributed by atoms with Gasteiger partial charge in [0.15, 0.2) is 11.0 Å². The Kier molecular flexibility index (Phi) is 7.13. The van der Waals surface area contributed by atoms with Crippen molar-refractivity contribution >= 4 is 44.5 Å². The summed E-state index contributed by atoms with van der Waals surface area (Å²) in [7, 11) is 0. The number of thiazole rings is 1. The smallest absolute Gasteiger partial charge is 0.321 e. The summed E-state index contributed by atoms with van der Waals surface area (Å²) in [5, 5.41) is 10.2. The van der Waals surface area contributed by atoms with E-state index in [1.54, 1.807) is 18.6 Å². The van der Waals surface area contributed by atoms with Crippen LogP contribution in [-0.4, -0.2) is 61.7 Å². The average Bonchev–Trinajstić information content (AvgIpc) is 3.36. The first-order valence-corrected chi connectivity index (χ1v) is 13.7. The van der Waals surface area contributed by atoms with Gasteiger partial charge in [-0.2, -0.15) is 0 Å². The molecule has 0 spiro atoms. The minimum Gasteiger partial charge on any atom is -0.481 e. The van der Waals surface area contributed by atoms with Gasteiger partial charge in [0, 0.05) is 42.7 Å². The Hall–Kier alpha value is -4.19. The molecular weight excluding hydrogens is 516 g/mol. The largest absolute Gasteiger partial charge is 0.481 e. The summed E-state index contributed by atoms with van der Waals surface area (Å²) >= 11 is 1.36. The van der Waals surface area contributed by atoms with E-state index >= 15 is 0 Å². The number of fused-ring (bicyclic) bond motifs is 1. The van der Waals surface area contributed by atoms with Gasteiger partial charge >= 0.3 is 12.0 Å². The number of primary amides is 1. The number of carbonyl (C=O) groups is 2. The minimum absolute atomic E-state index is 0.396. The number of carboxylic acids is 1. The van der Waals surface area contributed by atoms with E-state index in [9.17, 15) is 14.7 Å². The molecule has 4 heterocycles. The number of carbonyl (C=O) groups excluding carboxylic acids is 1. The van der Waals surface area contributed by atoms with Crippen molar-refractivity contribution in [2.45, 2.75) is 40.0 Å². The maximum Gasteiger partial charge on any atom is 0.321 e. The van der Waals surface area contributed by atoms with Crippen LogP contribution in [0, 0.1) is 12.3 Å². The molecule has 202 valence electrons. The first-order chi connectivity index (χ1) is 18.7. The SMILES string of the molecule is CCN(C(N)=O)c1nc2cc(-c3cnc(N4CCC(CC)(C(=O)O)CC4)cn3)cc(-c3nccc(C)n3)c2s1. The molecule has 1 saturated heterocycles. The van der Waals surface area contributed by atoms with E-state index in [0.29, 0.717) is 66.9 Å². The molecule has 0 radical (unpaired) electrons. The maximum atomic E-state index is 12.0. The molecule has 1 fully saturated rings. The monoisotopic (exact) mass is 546 g/mol. The Bertz CT molecular complexity index is 1530. The predicted octanol–water partition coefficient (Wildman–Crippen LogP) is 4.50. The number of piperidine rings is 1.